The minimum absolute atomic E-state index is 0.153. The molecule has 1 fully saturated rings. The maximum atomic E-state index is 12.8. The first-order chi connectivity index (χ1) is 12.5. The number of rotatable bonds is 4. The summed E-state index contributed by atoms with van der Waals surface area (Å²) in [5.41, 5.74) is 1.35. The standard InChI is InChI=1S/C18H18Cl2N2O3S/c1-24-12-8-11(9-13(10-12)25-2)17-22(6-7-26-17)18(23)21-16-14(19)4-3-5-15(16)20/h3-5,8-10,17H,6-7H2,1-2H3,(H,21,23). The minimum atomic E-state index is -0.253. The molecule has 0 saturated carbocycles. The normalized spacial score (nSPS) is 16.5. The van der Waals surface area contributed by atoms with Crippen LogP contribution in [0.1, 0.15) is 10.9 Å². The van der Waals surface area contributed by atoms with E-state index in [2.05, 4.69) is 5.32 Å². The lowest BCUT2D eigenvalue weighted by atomic mass is 10.2. The maximum Gasteiger partial charge on any atom is 0.323 e. The number of hydrogen-bond donors (Lipinski definition) is 1. The summed E-state index contributed by atoms with van der Waals surface area (Å²) in [6, 6.07) is 10.5. The average Bonchev–Trinajstić information content (AvgIpc) is 3.14. The lowest BCUT2D eigenvalue weighted by Crippen LogP contribution is -2.34. The second kappa shape index (κ2) is 8.29. The predicted molar refractivity (Wildman–Crippen MR) is 107 cm³/mol. The van der Waals surface area contributed by atoms with Crippen molar-refractivity contribution in [3.8, 4) is 11.5 Å². The molecule has 0 aromatic heterocycles. The molecule has 1 aliphatic heterocycles. The molecule has 2 aromatic carbocycles. The Hall–Kier alpha value is -1.76. The number of carbonyl (C=O) groups excluding carboxylic acids is 1. The highest BCUT2D eigenvalue weighted by Crippen LogP contribution is 2.41. The van der Waals surface area contributed by atoms with Gasteiger partial charge in [-0.1, -0.05) is 29.3 Å². The molecule has 138 valence electrons. The third kappa shape index (κ3) is 3.98. The summed E-state index contributed by atoms with van der Waals surface area (Å²) in [4.78, 5) is 14.6. The summed E-state index contributed by atoms with van der Waals surface area (Å²) >= 11 is 14.0. The Morgan fingerprint density at radius 2 is 1.77 bits per heavy atom. The highest BCUT2D eigenvalue weighted by molar-refractivity contribution is 7.99. The summed E-state index contributed by atoms with van der Waals surface area (Å²) in [6.07, 6.45) is 0. The fourth-order valence-electron chi connectivity index (χ4n) is 2.72. The summed E-state index contributed by atoms with van der Waals surface area (Å²) < 4.78 is 10.7. The molecule has 5 nitrogen and oxygen atoms in total. The van der Waals surface area contributed by atoms with Crippen molar-refractivity contribution in [1.82, 2.24) is 4.90 Å². The second-order valence-electron chi connectivity index (χ2n) is 5.59. The fourth-order valence-corrected chi connectivity index (χ4v) is 4.45. The zero-order valence-electron chi connectivity index (χ0n) is 14.3. The van der Waals surface area contributed by atoms with Gasteiger partial charge in [-0.25, -0.2) is 4.79 Å². The molecule has 1 unspecified atom stereocenters. The molecule has 1 atom stereocenters. The number of thioether (sulfide) groups is 1. The monoisotopic (exact) mass is 412 g/mol. The van der Waals surface area contributed by atoms with Gasteiger partial charge in [0.2, 0.25) is 0 Å². The topological polar surface area (TPSA) is 50.8 Å². The first-order valence-electron chi connectivity index (χ1n) is 7.89. The van der Waals surface area contributed by atoms with E-state index in [9.17, 15) is 4.79 Å². The lowest BCUT2D eigenvalue weighted by molar-refractivity contribution is 0.214. The highest BCUT2D eigenvalue weighted by atomic mass is 35.5. The zero-order valence-corrected chi connectivity index (χ0v) is 16.6. The Bertz CT molecular complexity index is 777. The van der Waals surface area contributed by atoms with Crippen LogP contribution in [0.4, 0.5) is 10.5 Å². The summed E-state index contributed by atoms with van der Waals surface area (Å²) in [5.74, 6) is 2.19. The van der Waals surface area contributed by atoms with E-state index in [1.807, 2.05) is 12.1 Å². The van der Waals surface area contributed by atoms with Crippen LogP contribution in [-0.4, -0.2) is 37.4 Å². The number of nitrogens with one attached hydrogen (secondary N) is 1. The molecule has 2 amide bonds. The molecule has 0 aliphatic carbocycles. The summed E-state index contributed by atoms with van der Waals surface area (Å²) in [5, 5.41) is 3.47. The van der Waals surface area contributed by atoms with Crippen LogP contribution >= 0.6 is 35.0 Å². The van der Waals surface area contributed by atoms with Crippen LogP contribution in [0.3, 0.4) is 0 Å². The molecule has 1 heterocycles. The van der Waals surface area contributed by atoms with Crippen LogP contribution in [0, 0.1) is 0 Å². The molecule has 3 rings (SSSR count). The molecule has 1 saturated heterocycles. The van der Waals surface area contributed by atoms with E-state index in [1.54, 1.807) is 55.1 Å². The quantitative estimate of drug-likeness (QED) is 0.740. The van der Waals surface area contributed by atoms with Gasteiger partial charge in [0, 0.05) is 18.4 Å². The number of anilines is 1. The number of para-hydroxylation sites is 1. The SMILES string of the molecule is COc1cc(OC)cc(C2SCCN2C(=O)Nc2c(Cl)cccc2Cl)c1. The van der Waals surface area contributed by atoms with Crippen molar-refractivity contribution in [3.05, 3.63) is 52.0 Å². The number of ether oxygens (including phenoxy) is 2. The molecular formula is C18H18Cl2N2O3S. The number of amides is 2. The third-order valence-corrected chi connectivity index (χ3v) is 5.90. The Kier molecular flexibility index (Phi) is 6.06. The number of halogens is 2. The average molecular weight is 413 g/mol. The van der Waals surface area contributed by atoms with E-state index in [4.69, 9.17) is 32.7 Å². The van der Waals surface area contributed by atoms with Crippen molar-refractivity contribution in [2.45, 2.75) is 5.37 Å². The van der Waals surface area contributed by atoms with Crippen molar-refractivity contribution in [1.29, 1.82) is 0 Å². The van der Waals surface area contributed by atoms with Crippen molar-refractivity contribution >= 4 is 46.7 Å². The molecule has 0 radical (unpaired) electrons. The van der Waals surface area contributed by atoms with E-state index in [0.29, 0.717) is 33.8 Å². The van der Waals surface area contributed by atoms with Crippen molar-refractivity contribution in [2.24, 2.45) is 0 Å². The molecule has 2 aromatic rings. The lowest BCUT2D eigenvalue weighted by Gasteiger charge is -2.25. The van der Waals surface area contributed by atoms with Crippen LogP contribution in [-0.2, 0) is 0 Å². The van der Waals surface area contributed by atoms with E-state index in [1.165, 1.54) is 0 Å². The Morgan fingerprint density at radius 3 is 2.35 bits per heavy atom. The van der Waals surface area contributed by atoms with Gasteiger partial charge in [0.05, 0.1) is 30.0 Å². The molecule has 26 heavy (non-hydrogen) atoms. The predicted octanol–water partition coefficient (Wildman–Crippen LogP) is 5.29. The molecule has 1 N–H and O–H groups in total. The van der Waals surface area contributed by atoms with Gasteiger partial charge in [0.1, 0.15) is 16.9 Å². The van der Waals surface area contributed by atoms with Gasteiger partial charge in [-0.3, -0.25) is 0 Å². The molecule has 1 aliphatic rings. The number of nitrogens with zero attached hydrogens (tertiary/aromatic N) is 1. The maximum absolute atomic E-state index is 12.8. The van der Waals surface area contributed by atoms with Gasteiger partial charge in [0.15, 0.2) is 0 Å². The van der Waals surface area contributed by atoms with Gasteiger partial charge in [-0.05, 0) is 29.8 Å². The number of carbonyl (C=O) groups is 1. The van der Waals surface area contributed by atoms with Gasteiger partial charge >= 0.3 is 6.03 Å². The Labute approximate surface area is 166 Å². The number of benzene rings is 2. The van der Waals surface area contributed by atoms with E-state index in [0.717, 1.165) is 11.3 Å². The van der Waals surface area contributed by atoms with Crippen LogP contribution in [0.5, 0.6) is 11.5 Å². The van der Waals surface area contributed by atoms with E-state index >= 15 is 0 Å². The largest absolute Gasteiger partial charge is 0.497 e. The number of urea groups is 1. The van der Waals surface area contributed by atoms with Crippen LogP contribution in [0.2, 0.25) is 10.0 Å². The van der Waals surface area contributed by atoms with Gasteiger partial charge < -0.3 is 19.7 Å². The molecule has 8 heteroatoms. The van der Waals surface area contributed by atoms with Crippen LogP contribution in [0.25, 0.3) is 0 Å². The zero-order chi connectivity index (χ0) is 18.7. The van der Waals surface area contributed by atoms with Crippen LogP contribution in [0.15, 0.2) is 36.4 Å². The molecule has 0 bridgehead atoms. The fraction of sp³-hybridized carbons (Fsp3) is 0.278. The molecular weight excluding hydrogens is 395 g/mol. The summed E-state index contributed by atoms with van der Waals surface area (Å²) in [7, 11) is 3.20. The van der Waals surface area contributed by atoms with Crippen molar-refractivity contribution < 1.29 is 14.3 Å². The minimum Gasteiger partial charge on any atom is -0.497 e. The van der Waals surface area contributed by atoms with Crippen molar-refractivity contribution in [3.63, 3.8) is 0 Å². The smallest absolute Gasteiger partial charge is 0.323 e. The molecule has 0 spiro atoms. The Morgan fingerprint density at radius 1 is 1.15 bits per heavy atom. The van der Waals surface area contributed by atoms with Gasteiger partial charge in [0.25, 0.3) is 0 Å². The van der Waals surface area contributed by atoms with Crippen molar-refractivity contribution in [2.75, 3.05) is 31.8 Å². The Balaban J connectivity index is 1.85. The first kappa shape index (κ1) is 19.0. The van der Waals surface area contributed by atoms with E-state index < -0.39 is 0 Å². The van der Waals surface area contributed by atoms with E-state index in [-0.39, 0.29) is 11.4 Å². The van der Waals surface area contributed by atoms with Crippen LogP contribution < -0.4 is 14.8 Å². The number of methoxy groups -OCH3 is 2. The summed E-state index contributed by atoms with van der Waals surface area (Å²) in [6.45, 7) is 0.614. The van der Waals surface area contributed by atoms with Gasteiger partial charge in [-0.2, -0.15) is 0 Å². The number of hydrogen-bond acceptors (Lipinski definition) is 4. The second-order valence-corrected chi connectivity index (χ2v) is 7.59. The van der Waals surface area contributed by atoms with Gasteiger partial charge in [-0.15, -0.1) is 11.8 Å². The first-order valence-corrected chi connectivity index (χ1v) is 9.70. The highest BCUT2D eigenvalue weighted by Gasteiger charge is 2.32. The third-order valence-electron chi connectivity index (χ3n) is 4.01.